The number of aromatic nitrogens is 2. The number of hydrogen-bond acceptors (Lipinski definition) is 3. The zero-order valence-corrected chi connectivity index (χ0v) is 11.5. The van der Waals surface area contributed by atoms with Crippen LogP contribution in [0.3, 0.4) is 0 Å². The lowest BCUT2D eigenvalue weighted by Crippen LogP contribution is -1.87. The average Bonchev–Trinajstić information content (AvgIpc) is 2.53. The Balaban J connectivity index is 1.85. The van der Waals surface area contributed by atoms with Crippen LogP contribution in [0.5, 0.6) is 0 Å². The van der Waals surface area contributed by atoms with Gasteiger partial charge in [-0.25, -0.2) is 9.19 Å². The van der Waals surface area contributed by atoms with E-state index in [0.29, 0.717) is 0 Å². The third kappa shape index (κ3) is 2.81. The first-order valence-electron chi connectivity index (χ1n) is 6.17. The molecule has 0 radical (unpaired) electrons. The van der Waals surface area contributed by atoms with Gasteiger partial charge in [0, 0.05) is 28.1 Å². The molecule has 0 bridgehead atoms. The molecule has 0 saturated heterocycles. The summed E-state index contributed by atoms with van der Waals surface area (Å²) in [5, 5.41) is 2.74. The van der Waals surface area contributed by atoms with Crippen LogP contribution < -0.4 is 0 Å². The molecule has 2 aromatic heterocycles. The van der Waals surface area contributed by atoms with Crippen LogP contribution >= 0.6 is 0 Å². The van der Waals surface area contributed by atoms with Crippen molar-refractivity contribution in [3.63, 3.8) is 0 Å². The molecule has 0 amide bonds. The summed E-state index contributed by atoms with van der Waals surface area (Å²) in [6, 6.07) is 15.3. The monoisotopic (exact) mass is 280 g/mol. The van der Waals surface area contributed by atoms with Crippen LogP contribution in [0, 0.1) is 0 Å². The van der Waals surface area contributed by atoms with Gasteiger partial charge >= 0.3 is 0 Å². The van der Waals surface area contributed by atoms with Gasteiger partial charge in [-0.05, 0) is 30.3 Å². The second-order valence-corrected chi connectivity index (χ2v) is 5.55. The van der Waals surface area contributed by atoms with E-state index in [0.717, 1.165) is 21.5 Å². The fourth-order valence-corrected chi connectivity index (χ4v) is 2.67. The third-order valence-electron chi connectivity index (χ3n) is 2.86. The van der Waals surface area contributed by atoms with E-state index in [1.165, 1.54) is 0 Å². The van der Waals surface area contributed by atoms with Crippen LogP contribution in [0.1, 0.15) is 5.69 Å². The van der Waals surface area contributed by atoms with Crippen LogP contribution in [0.4, 0.5) is 0 Å². The zero-order chi connectivity index (χ0) is 13.8. The number of nitrogens with zero attached hydrogens (tertiary/aromatic N) is 2. The molecule has 0 saturated carbocycles. The summed E-state index contributed by atoms with van der Waals surface area (Å²) in [6.45, 7) is 0. The molecular weight excluding hydrogens is 268 g/mol. The molecule has 0 N–H and O–H groups in total. The first-order chi connectivity index (χ1) is 9.83. The Kier molecular flexibility index (Phi) is 3.65. The van der Waals surface area contributed by atoms with Crippen molar-refractivity contribution in [2.24, 2.45) is 0 Å². The summed E-state index contributed by atoms with van der Waals surface area (Å²) < 4.78 is 12.1. The number of para-hydroxylation sites is 1. The Morgan fingerprint density at radius 2 is 1.75 bits per heavy atom. The predicted octanol–water partition coefficient (Wildman–Crippen LogP) is 3.41. The minimum atomic E-state index is -1.18. The van der Waals surface area contributed by atoms with Gasteiger partial charge in [0.05, 0.1) is 22.0 Å². The van der Waals surface area contributed by atoms with Gasteiger partial charge in [0.1, 0.15) is 0 Å². The molecule has 3 aromatic rings. The van der Waals surface area contributed by atoms with Gasteiger partial charge in [-0.1, -0.05) is 24.3 Å². The van der Waals surface area contributed by atoms with Crippen molar-refractivity contribution in [2.75, 3.05) is 0 Å². The second kappa shape index (κ2) is 5.75. The highest BCUT2D eigenvalue weighted by atomic mass is 32.2. The van der Waals surface area contributed by atoms with Gasteiger partial charge in [0.2, 0.25) is 0 Å². The van der Waals surface area contributed by atoms with Gasteiger partial charge in [0.25, 0.3) is 0 Å². The molecule has 0 aliphatic rings. The third-order valence-corrected chi connectivity index (χ3v) is 3.98. The van der Waals surface area contributed by atoms with Crippen LogP contribution in [0.25, 0.3) is 17.0 Å². The molecule has 98 valence electrons. The van der Waals surface area contributed by atoms with E-state index >= 15 is 0 Å². The molecule has 0 spiro atoms. The van der Waals surface area contributed by atoms with Crippen molar-refractivity contribution >= 4 is 27.8 Å². The molecule has 4 heteroatoms. The first-order valence-corrected chi connectivity index (χ1v) is 7.39. The highest BCUT2D eigenvalue weighted by molar-refractivity contribution is 7.88. The summed E-state index contributed by atoms with van der Waals surface area (Å²) in [7, 11) is -1.18. The van der Waals surface area contributed by atoms with Crippen molar-refractivity contribution in [1.29, 1.82) is 0 Å². The largest absolute Gasteiger partial charge is 0.265 e. The van der Waals surface area contributed by atoms with E-state index in [2.05, 4.69) is 9.97 Å². The lowest BCUT2D eigenvalue weighted by atomic mass is 10.2. The van der Waals surface area contributed by atoms with Crippen molar-refractivity contribution in [1.82, 2.24) is 9.97 Å². The van der Waals surface area contributed by atoms with Gasteiger partial charge in [-0.3, -0.25) is 4.98 Å². The Morgan fingerprint density at radius 3 is 2.60 bits per heavy atom. The van der Waals surface area contributed by atoms with Crippen molar-refractivity contribution in [3.8, 4) is 0 Å². The van der Waals surface area contributed by atoms with E-state index in [1.807, 2.05) is 36.4 Å². The van der Waals surface area contributed by atoms with Crippen LogP contribution in [-0.2, 0) is 10.8 Å². The fourth-order valence-electron chi connectivity index (χ4n) is 1.86. The molecule has 3 rings (SSSR count). The highest BCUT2D eigenvalue weighted by Gasteiger charge is 1.99. The predicted molar refractivity (Wildman–Crippen MR) is 81.4 cm³/mol. The molecule has 2 heterocycles. The molecule has 1 unspecified atom stereocenters. The van der Waals surface area contributed by atoms with Gasteiger partial charge in [-0.15, -0.1) is 0 Å². The molecule has 0 aliphatic heterocycles. The second-order valence-electron chi connectivity index (χ2n) is 4.21. The Bertz CT molecular complexity index is 785. The van der Waals surface area contributed by atoms with Crippen molar-refractivity contribution in [3.05, 3.63) is 72.0 Å². The van der Waals surface area contributed by atoms with Gasteiger partial charge in [-0.2, -0.15) is 0 Å². The van der Waals surface area contributed by atoms with Crippen LogP contribution in [0.2, 0.25) is 0 Å². The van der Waals surface area contributed by atoms with Gasteiger partial charge < -0.3 is 0 Å². The van der Waals surface area contributed by atoms with Crippen LogP contribution in [0.15, 0.2) is 71.2 Å². The molecule has 0 fully saturated rings. The maximum Gasteiger partial charge on any atom is 0.0777 e. The first kappa shape index (κ1) is 12.7. The number of hydrogen-bond donors (Lipinski definition) is 0. The lowest BCUT2D eigenvalue weighted by Gasteiger charge is -1.98. The molecule has 1 atom stereocenters. The zero-order valence-electron chi connectivity index (χ0n) is 10.6. The van der Waals surface area contributed by atoms with Crippen LogP contribution in [-0.4, -0.2) is 14.2 Å². The van der Waals surface area contributed by atoms with E-state index in [1.54, 1.807) is 36.0 Å². The van der Waals surface area contributed by atoms with E-state index in [9.17, 15) is 4.21 Å². The Labute approximate surface area is 119 Å². The summed E-state index contributed by atoms with van der Waals surface area (Å²) in [6.07, 6.45) is 5.05. The van der Waals surface area contributed by atoms with E-state index in [-0.39, 0.29) is 0 Å². The van der Waals surface area contributed by atoms with E-state index < -0.39 is 10.8 Å². The molecule has 1 aromatic carbocycles. The van der Waals surface area contributed by atoms with Crippen molar-refractivity contribution < 1.29 is 4.21 Å². The average molecular weight is 280 g/mol. The number of rotatable bonds is 3. The summed E-state index contributed by atoms with van der Waals surface area (Å²) in [4.78, 5) is 9.15. The van der Waals surface area contributed by atoms with Gasteiger partial charge in [0.15, 0.2) is 0 Å². The standard InChI is InChI=1S/C16H12N2OS/c19-20(15-7-10-17-11-8-15)12-9-14-6-5-13-3-1-2-4-16(13)18-14/h1-12H/b12-9+. The van der Waals surface area contributed by atoms with E-state index in [4.69, 9.17) is 0 Å². The molecule has 20 heavy (non-hydrogen) atoms. The topological polar surface area (TPSA) is 42.9 Å². The van der Waals surface area contributed by atoms with Crippen molar-refractivity contribution in [2.45, 2.75) is 4.90 Å². The number of pyridine rings is 2. The highest BCUT2D eigenvalue weighted by Crippen LogP contribution is 2.13. The Hall–Kier alpha value is -2.33. The SMILES string of the molecule is O=S(/C=C/c1ccc2ccccc2n1)c1ccncc1. The minimum absolute atomic E-state index is 0.733. The Morgan fingerprint density at radius 1 is 0.950 bits per heavy atom. The normalized spacial score (nSPS) is 12.8. The minimum Gasteiger partial charge on any atom is -0.265 e. The lowest BCUT2D eigenvalue weighted by molar-refractivity contribution is 0.688. The molecule has 0 aliphatic carbocycles. The summed E-state index contributed by atoms with van der Waals surface area (Å²) >= 11 is 0. The molecular formula is C16H12N2OS. The quantitative estimate of drug-likeness (QED) is 0.738. The molecule has 3 nitrogen and oxygen atoms in total. The summed E-state index contributed by atoms with van der Waals surface area (Å²) in [5.41, 5.74) is 1.73. The maximum absolute atomic E-state index is 12.1. The maximum atomic E-state index is 12.1. The fraction of sp³-hybridized carbons (Fsp3) is 0. The number of fused-ring (bicyclic) bond motifs is 1. The summed E-state index contributed by atoms with van der Waals surface area (Å²) in [5.74, 6) is 0. The smallest absolute Gasteiger partial charge is 0.0777 e. The number of benzene rings is 1.